The van der Waals surface area contributed by atoms with Crippen LogP contribution in [0.3, 0.4) is 0 Å². The molecule has 0 unspecified atom stereocenters. The monoisotopic (exact) mass is 218 g/mol. The first-order valence-corrected chi connectivity index (χ1v) is 3.95. The van der Waals surface area contributed by atoms with Gasteiger partial charge in [-0.05, 0) is 12.8 Å². The molecule has 1 heterocycles. The number of nitrogens with zero attached hydrogens (tertiary/aromatic N) is 1. The summed E-state index contributed by atoms with van der Waals surface area (Å²) in [4.78, 5) is 3.02. The number of aromatic amines is 1. The average molecular weight is 219 g/mol. The SMILES string of the molecule is CCCCC[n+]1cc[nH]c1.[Br-]. The van der Waals surface area contributed by atoms with E-state index < -0.39 is 0 Å². The maximum atomic E-state index is 3.02. The van der Waals surface area contributed by atoms with Crippen molar-refractivity contribution in [2.24, 2.45) is 0 Å². The fourth-order valence-electron chi connectivity index (χ4n) is 1.00. The van der Waals surface area contributed by atoms with E-state index in [0.717, 1.165) is 6.54 Å². The Labute approximate surface area is 78.4 Å². The van der Waals surface area contributed by atoms with Crippen molar-refractivity contribution in [2.45, 2.75) is 32.7 Å². The summed E-state index contributed by atoms with van der Waals surface area (Å²) in [5.74, 6) is 0. The van der Waals surface area contributed by atoms with Crippen LogP contribution in [0.5, 0.6) is 0 Å². The maximum Gasteiger partial charge on any atom is 0.241 e. The van der Waals surface area contributed by atoms with Gasteiger partial charge in [0.05, 0.1) is 6.54 Å². The minimum Gasteiger partial charge on any atom is -1.00 e. The number of aromatic nitrogens is 2. The summed E-state index contributed by atoms with van der Waals surface area (Å²) in [6.45, 7) is 3.37. The van der Waals surface area contributed by atoms with E-state index >= 15 is 0 Å². The summed E-state index contributed by atoms with van der Waals surface area (Å²) >= 11 is 0. The van der Waals surface area contributed by atoms with Crippen molar-refractivity contribution >= 4 is 0 Å². The summed E-state index contributed by atoms with van der Waals surface area (Å²) in [6, 6.07) is 0. The number of hydrogen-bond donors (Lipinski definition) is 1. The summed E-state index contributed by atoms with van der Waals surface area (Å²) in [6.07, 6.45) is 9.93. The van der Waals surface area contributed by atoms with Crippen LogP contribution in [0, 0.1) is 0 Å². The molecule has 1 aromatic rings. The Kier molecular flexibility index (Phi) is 6.22. The van der Waals surface area contributed by atoms with Gasteiger partial charge < -0.3 is 17.0 Å². The third-order valence-corrected chi connectivity index (χ3v) is 1.62. The van der Waals surface area contributed by atoms with Crippen LogP contribution in [0.4, 0.5) is 0 Å². The van der Waals surface area contributed by atoms with Gasteiger partial charge in [-0.15, -0.1) is 0 Å². The van der Waals surface area contributed by atoms with Gasteiger partial charge in [-0.25, -0.2) is 4.57 Å². The fraction of sp³-hybridized carbons (Fsp3) is 0.625. The van der Waals surface area contributed by atoms with E-state index in [2.05, 4.69) is 22.7 Å². The molecule has 0 aliphatic carbocycles. The van der Waals surface area contributed by atoms with Gasteiger partial charge in [-0.3, -0.25) is 4.98 Å². The molecule has 11 heavy (non-hydrogen) atoms. The molecule has 2 nitrogen and oxygen atoms in total. The molecule has 0 amide bonds. The number of unbranched alkanes of at least 4 members (excludes halogenated alkanes) is 2. The number of rotatable bonds is 4. The molecular weight excluding hydrogens is 204 g/mol. The van der Waals surface area contributed by atoms with Gasteiger partial charge in [-0.1, -0.05) is 13.3 Å². The van der Waals surface area contributed by atoms with Crippen LogP contribution in [-0.4, -0.2) is 4.98 Å². The Morgan fingerprint density at radius 1 is 1.36 bits per heavy atom. The normalized spacial score (nSPS) is 9.18. The van der Waals surface area contributed by atoms with Gasteiger partial charge in [0.1, 0.15) is 12.4 Å². The van der Waals surface area contributed by atoms with Crippen molar-refractivity contribution in [3.05, 3.63) is 18.7 Å². The van der Waals surface area contributed by atoms with Crippen LogP contribution in [0.15, 0.2) is 18.7 Å². The zero-order valence-electron chi connectivity index (χ0n) is 6.89. The highest BCUT2D eigenvalue weighted by Gasteiger charge is 1.93. The molecule has 64 valence electrons. The molecular formula is C8H15BrN2. The van der Waals surface area contributed by atoms with Crippen LogP contribution in [-0.2, 0) is 6.54 Å². The fourth-order valence-corrected chi connectivity index (χ4v) is 1.00. The van der Waals surface area contributed by atoms with Crippen molar-refractivity contribution < 1.29 is 21.5 Å². The minimum atomic E-state index is 0. The predicted molar refractivity (Wildman–Crippen MR) is 40.5 cm³/mol. The van der Waals surface area contributed by atoms with E-state index in [1.54, 1.807) is 0 Å². The van der Waals surface area contributed by atoms with Crippen molar-refractivity contribution in [2.75, 3.05) is 0 Å². The maximum absolute atomic E-state index is 3.02. The lowest BCUT2D eigenvalue weighted by atomic mass is 10.2. The summed E-state index contributed by atoms with van der Waals surface area (Å²) in [5.41, 5.74) is 0. The number of H-pyrrole nitrogens is 1. The smallest absolute Gasteiger partial charge is 0.241 e. The summed E-state index contributed by atoms with van der Waals surface area (Å²) in [5, 5.41) is 0. The topological polar surface area (TPSA) is 19.7 Å². The Hall–Kier alpha value is -0.310. The van der Waals surface area contributed by atoms with Gasteiger partial charge in [0, 0.05) is 0 Å². The minimum absolute atomic E-state index is 0. The molecule has 0 fully saturated rings. The highest BCUT2D eigenvalue weighted by molar-refractivity contribution is 4.55. The molecule has 3 heteroatoms. The Morgan fingerprint density at radius 2 is 2.18 bits per heavy atom. The van der Waals surface area contributed by atoms with Gasteiger partial charge in [0.25, 0.3) is 0 Å². The van der Waals surface area contributed by atoms with E-state index in [-0.39, 0.29) is 17.0 Å². The third kappa shape index (κ3) is 4.19. The van der Waals surface area contributed by atoms with Crippen LogP contribution in [0.1, 0.15) is 26.2 Å². The van der Waals surface area contributed by atoms with Gasteiger partial charge in [-0.2, -0.15) is 0 Å². The second kappa shape index (κ2) is 6.40. The molecule has 1 aromatic heterocycles. The van der Waals surface area contributed by atoms with Crippen molar-refractivity contribution in [3.63, 3.8) is 0 Å². The van der Waals surface area contributed by atoms with Crippen LogP contribution in [0.25, 0.3) is 0 Å². The lowest BCUT2D eigenvalue weighted by Gasteiger charge is -1.92. The van der Waals surface area contributed by atoms with E-state index in [0.29, 0.717) is 0 Å². The lowest BCUT2D eigenvalue weighted by Crippen LogP contribution is -3.00. The number of imidazole rings is 1. The van der Waals surface area contributed by atoms with E-state index in [9.17, 15) is 0 Å². The molecule has 0 bridgehead atoms. The third-order valence-electron chi connectivity index (χ3n) is 1.62. The second-order valence-corrected chi connectivity index (χ2v) is 2.56. The number of hydrogen-bond acceptors (Lipinski definition) is 0. The number of aryl methyl sites for hydroxylation is 1. The van der Waals surface area contributed by atoms with E-state index in [1.807, 2.05) is 12.5 Å². The molecule has 0 aliphatic heterocycles. The lowest BCUT2D eigenvalue weighted by molar-refractivity contribution is -0.696. The highest BCUT2D eigenvalue weighted by Crippen LogP contribution is 1.92. The molecule has 0 atom stereocenters. The largest absolute Gasteiger partial charge is 1.00 e. The predicted octanol–water partition coefficient (Wildman–Crippen LogP) is -1.50. The van der Waals surface area contributed by atoms with Crippen molar-refractivity contribution in [1.29, 1.82) is 0 Å². The molecule has 0 saturated heterocycles. The molecule has 0 spiro atoms. The van der Waals surface area contributed by atoms with Gasteiger partial charge >= 0.3 is 0 Å². The Bertz CT molecular complexity index is 161. The van der Waals surface area contributed by atoms with Crippen molar-refractivity contribution in [1.82, 2.24) is 4.98 Å². The number of nitrogens with one attached hydrogen (secondary N) is 1. The quantitative estimate of drug-likeness (QED) is 0.469. The molecule has 0 aromatic carbocycles. The van der Waals surface area contributed by atoms with Crippen molar-refractivity contribution in [3.8, 4) is 0 Å². The molecule has 1 rings (SSSR count). The Morgan fingerprint density at radius 3 is 2.73 bits per heavy atom. The van der Waals surface area contributed by atoms with Crippen LogP contribution in [0.2, 0.25) is 0 Å². The average Bonchev–Trinajstić information content (AvgIpc) is 2.41. The second-order valence-electron chi connectivity index (χ2n) is 2.56. The zero-order chi connectivity index (χ0) is 7.23. The van der Waals surface area contributed by atoms with Gasteiger partial charge in [0.2, 0.25) is 6.33 Å². The van der Waals surface area contributed by atoms with Crippen LogP contribution >= 0.6 is 0 Å². The van der Waals surface area contributed by atoms with Crippen LogP contribution < -0.4 is 21.5 Å². The van der Waals surface area contributed by atoms with Gasteiger partial charge in [0.15, 0.2) is 0 Å². The standard InChI is InChI=1S/C8H14N2.BrH/c1-2-3-4-6-10-7-5-9-8-10;/h5,7-8H,2-4,6H2,1H3;1H. The highest BCUT2D eigenvalue weighted by atomic mass is 79.9. The molecule has 0 aliphatic rings. The summed E-state index contributed by atoms with van der Waals surface area (Å²) in [7, 11) is 0. The van der Waals surface area contributed by atoms with E-state index in [1.165, 1.54) is 19.3 Å². The first-order chi connectivity index (χ1) is 4.93. The first-order valence-electron chi connectivity index (χ1n) is 3.95. The molecule has 0 saturated carbocycles. The number of halogens is 1. The zero-order valence-corrected chi connectivity index (χ0v) is 8.47. The summed E-state index contributed by atoms with van der Waals surface area (Å²) < 4.78 is 2.18. The molecule has 0 radical (unpaired) electrons. The first kappa shape index (κ1) is 10.7. The van der Waals surface area contributed by atoms with E-state index in [4.69, 9.17) is 0 Å². The molecule has 1 N–H and O–H groups in total. The Balaban J connectivity index is 0.000001000.